The van der Waals surface area contributed by atoms with Crippen LogP contribution in [0.25, 0.3) is 0 Å². The van der Waals surface area contributed by atoms with Crippen LogP contribution in [0.4, 0.5) is 0 Å². The molecule has 2 aromatic carbocycles. The first-order valence-electron chi connectivity index (χ1n) is 10.4. The Morgan fingerprint density at radius 3 is 1.62 bits per heavy atom. The number of benzene rings is 2. The normalized spacial score (nSPS) is 11.7. The minimum atomic E-state index is -0.674. The first kappa shape index (κ1) is 23.1. The Hall–Kier alpha value is -2.17. The number of amides is 1. The van der Waals surface area contributed by atoms with Crippen LogP contribution in [0.15, 0.2) is 36.4 Å². The van der Waals surface area contributed by atoms with E-state index < -0.39 is 5.41 Å². The van der Waals surface area contributed by atoms with Crippen molar-refractivity contribution in [1.29, 1.82) is 0 Å². The lowest BCUT2D eigenvalue weighted by atomic mass is 9.75. The Labute approximate surface area is 176 Å². The number of nitrogens with two attached hydrogens (primary N) is 1. The van der Waals surface area contributed by atoms with Crippen molar-refractivity contribution in [2.75, 3.05) is 33.7 Å². The second kappa shape index (κ2) is 10.0. The molecule has 0 fully saturated rings. The molecular formula is C25H37N3O. The Morgan fingerprint density at radius 2 is 1.28 bits per heavy atom. The smallest absolute Gasteiger partial charge is 0.228 e. The van der Waals surface area contributed by atoms with Gasteiger partial charge in [0.1, 0.15) is 0 Å². The van der Waals surface area contributed by atoms with Crippen LogP contribution in [0.1, 0.15) is 33.4 Å². The van der Waals surface area contributed by atoms with Gasteiger partial charge in [-0.05, 0) is 65.8 Å². The van der Waals surface area contributed by atoms with Gasteiger partial charge in [-0.1, -0.05) is 58.7 Å². The Morgan fingerprint density at radius 1 is 0.862 bits per heavy atom. The highest BCUT2D eigenvalue weighted by Gasteiger charge is 2.37. The van der Waals surface area contributed by atoms with Gasteiger partial charge in [0.05, 0.1) is 5.41 Å². The molecule has 0 atom stereocenters. The molecule has 0 bridgehead atoms. The molecule has 29 heavy (non-hydrogen) atoms. The van der Waals surface area contributed by atoms with E-state index >= 15 is 0 Å². The molecule has 2 aromatic rings. The zero-order chi connectivity index (χ0) is 21.6. The lowest BCUT2D eigenvalue weighted by Crippen LogP contribution is -2.50. The lowest BCUT2D eigenvalue weighted by molar-refractivity contribution is -0.130. The highest BCUT2D eigenvalue weighted by atomic mass is 16.2. The number of likely N-dealkylation sites (N-methyl/N-ethyl adjacent to an activating group) is 1. The van der Waals surface area contributed by atoms with Gasteiger partial charge in [-0.3, -0.25) is 4.79 Å². The van der Waals surface area contributed by atoms with E-state index in [0.717, 1.165) is 6.54 Å². The average Bonchev–Trinajstić information content (AvgIpc) is 2.58. The van der Waals surface area contributed by atoms with Gasteiger partial charge in [0.15, 0.2) is 0 Å². The number of carbonyl (C=O) groups excluding carboxylic acids is 1. The lowest BCUT2D eigenvalue weighted by Gasteiger charge is -2.32. The molecule has 0 saturated heterocycles. The summed E-state index contributed by atoms with van der Waals surface area (Å²) in [6.07, 6.45) is 1.26. The molecule has 4 nitrogen and oxygen atoms in total. The van der Waals surface area contributed by atoms with E-state index in [1.807, 2.05) is 14.1 Å². The Bertz CT molecular complexity index is 748. The SMILES string of the molecule is Cc1cc(C)cc(CC(CN)(Cc2cc(C)cc(C)c2)C(=O)NCCN(C)C)c1. The molecule has 1 amide bonds. The first-order valence-corrected chi connectivity index (χ1v) is 10.4. The number of nitrogens with zero attached hydrogens (tertiary/aromatic N) is 1. The number of carbonyl (C=O) groups is 1. The summed E-state index contributed by atoms with van der Waals surface area (Å²) in [7, 11) is 4.01. The van der Waals surface area contributed by atoms with Crippen molar-refractivity contribution in [2.24, 2.45) is 11.1 Å². The molecule has 0 aliphatic carbocycles. The molecule has 0 spiro atoms. The van der Waals surface area contributed by atoms with E-state index in [1.165, 1.54) is 33.4 Å². The third kappa shape index (κ3) is 6.69. The molecule has 0 aliphatic heterocycles. The third-order valence-electron chi connectivity index (χ3n) is 5.36. The molecule has 0 aliphatic rings. The number of aryl methyl sites for hydroxylation is 4. The largest absolute Gasteiger partial charge is 0.354 e. The van der Waals surface area contributed by atoms with Crippen molar-refractivity contribution in [3.05, 3.63) is 69.8 Å². The number of hydrogen-bond acceptors (Lipinski definition) is 3. The number of rotatable bonds is 9. The second-order valence-electron chi connectivity index (χ2n) is 8.89. The molecular weight excluding hydrogens is 358 g/mol. The maximum absolute atomic E-state index is 13.4. The summed E-state index contributed by atoms with van der Waals surface area (Å²) < 4.78 is 0. The predicted molar refractivity (Wildman–Crippen MR) is 122 cm³/mol. The minimum absolute atomic E-state index is 0.0418. The van der Waals surface area contributed by atoms with E-state index in [-0.39, 0.29) is 5.91 Å². The summed E-state index contributed by atoms with van der Waals surface area (Å²) in [4.78, 5) is 15.5. The molecule has 2 rings (SSSR count). The van der Waals surface area contributed by atoms with E-state index in [9.17, 15) is 4.79 Å². The second-order valence-corrected chi connectivity index (χ2v) is 8.89. The third-order valence-corrected chi connectivity index (χ3v) is 5.36. The molecule has 0 unspecified atom stereocenters. The van der Waals surface area contributed by atoms with Crippen LogP contribution in [-0.4, -0.2) is 44.5 Å². The zero-order valence-electron chi connectivity index (χ0n) is 18.9. The fourth-order valence-electron chi connectivity index (χ4n) is 4.16. The average molecular weight is 396 g/mol. The summed E-state index contributed by atoms with van der Waals surface area (Å²) in [5.41, 5.74) is 12.8. The van der Waals surface area contributed by atoms with Crippen LogP contribution >= 0.6 is 0 Å². The maximum Gasteiger partial charge on any atom is 0.228 e. The van der Waals surface area contributed by atoms with Gasteiger partial charge < -0.3 is 16.0 Å². The quantitative estimate of drug-likeness (QED) is 0.685. The van der Waals surface area contributed by atoms with Crippen molar-refractivity contribution >= 4 is 5.91 Å². The van der Waals surface area contributed by atoms with Gasteiger partial charge in [0, 0.05) is 19.6 Å². The van der Waals surface area contributed by atoms with Crippen LogP contribution in [0.5, 0.6) is 0 Å². The van der Waals surface area contributed by atoms with E-state index in [1.54, 1.807) is 0 Å². The van der Waals surface area contributed by atoms with Crippen LogP contribution in [0.2, 0.25) is 0 Å². The van der Waals surface area contributed by atoms with Crippen molar-refractivity contribution in [2.45, 2.75) is 40.5 Å². The molecule has 0 radical (unpaired) electrons. The van der Waals surface area contributed by atoms with Gasteiger partial charge in [0.2, 0.25) is 5.91 Å². The highest BCUT2D eigenvalue weighted by molar-refractivity contribution is 5.83. The summed E-state index contributed by atoms with van der Waals surface area (Å²) >= 11 is 0. The van der Waals surface area contributed by atoms with Gasteiger partial charge in [0.25, 0.3) is 0 Å². The Kier molecular flexibility index (Phi) is 8.00. The highest BCUT2D eigenvalue weighted by Crippen LogP contribution is 2.29. The van der Waals surface area contributed by atoms with Crippen molar-refractivity contribution in [1.82, 2.24) is 10.2 Å². The first-order chi connectivity index (χ1) is 13.6. The predicted octanol–water partition coefficient (Wildman–Crippen LogP) is 3.33. The van der Waals surface area contributed by atoms with Crippen LogP contribution in [0, 0.1) is 33.1 Å². The molecule has 4 heteroatoms. The summed E-state index contributed by atoms with van der Waals surface area (Å²) in [6, 6.07) is 13.0. The standard InChI is InChI=1S/C25H37N3O/c1-18-9-19(2)12-22(11-18)15-25(17-26,24(29)27-7-8-28(5)6)16-23-13-20(3)10-21(4)14-23/h9-14H,7-8,15-17,26H2,1-6H3,(H,27,29). The van der Waals surface area contributed by atoms with Crippen molar-refractivity contribution in [3.63, 3.8) is 0 Å². The molecule has 0 heterocycles. The molecule has 0 aromatic heterocycles. The molecule has 158 valence electrons. The number of nitrogens with one attached hydrogen (secondary N) is 1. The fraction of sp³-hybridized carbons (Fsp3) is 0.480. The van der Waals surface area contributed by atoms with Gasteiger partial charge in [-0.15, -0.1) is 0 Å². The summed E-state index contributed by atoms with van der Waals surface area (Å²) in [5, 5.41) is 3.14. The summed E-state index contributed by atoms with van der Waals surface area (Å²) in [5.74, 6) is 0.0418. The van der Waals surface area contributed by atoms with Crippen molar-refractivity contribution < 1.29 is 4.79 Å². The number of hydrogen-bond donors (Lipinski definition) is 2. The summed E-state index contributed by atoms with van der Waals surface area (Å²) in [6.45, 7) is 10.1. The molecule has 3 N–H and O–H groups in total. The molecule has 0 saturated carbocycles. The monoisotopic (exact) mass is 395 g/mol. The Balaban J connectivity index is 2.38. The minimum Gasteiger partial charge on any atom is -0.354 e. The van der Waals surface area contributed by atoms with Crippen LogP contribution in [0.3, 0.4) is 0 Å². The fourth-order valence-corrected chi connectivity index (χ4v) is 4.16. The van der Waals surface area contributed by atoms with Gasteiger partial charge >= 0.3 is 0 Å². The van der Waals surface area contributed by atoms with E-state index in [4.69, 9.17) is 5.73 Å². The van der Waals surface area contributed by atoms with E-state index in [0.29, 0.717) is 25.9 Å². The van der Waals surface area contributed by atoms with E-state index in [2.05, 4.69) is 74.3 Å². The van der Waals surface area contributed by atoms with Gasteiger partial charge in [-0.2, -0.15) is 0 Å². The van der Waals surface area contributed by atoms with Crippen LogP contribution in [-0.2, 0) is 17.6 Å². The maximum atomic E-state index is 13.4. The van der Waals surface area contributed by atoms with Gasteiger partial charge in [-0.25, -0.2) is 0 Å². The van der Waals surface area contributed by atoms with Crippen LogP contribution < -0.4 is 11.1 Å². The topological polar surface area (TPSA) is 58.4 Å². The van der Waals surface area contributed by atoms with Crippen molar-refractivity contribution in [3.8, 4) is 0 Å². The zero-order valence-corrected chi connectivity index (χ0v) is 18.9.